The number of carbonyl (C=O) groups excluding carboxylic acids is 1. The molecule has 1 fully saturated rings. The van der Waals surface area contributed by atoms with Gasteiger partial charge >= 0.3 is 0 Å². The number of hydrogen-bond donors (Lipinski definition) is 2. The van der Waals surface area contributed by atoms with Gasteiger partial charge in [-0.2, -0.15) is 0 Å². The molecule has 0 bridgehead atoms. The van der Waals surface area contributed by atoms with Crippen LogP contribution in [-0.2, 0) is 11.2 Å². The third kappa shape index (κ3) is 4.63. The minimum absolute atomic E-state index is 0.0574. The molecule has 27 heavy (non-hydrogen) atoms. The molecule has 0 radical (unpaired) electrons. The number of aromatic amines is 1. The molecule has 0 unspecified atom stereocenters. The van der Waals surface area contributed by atoms with Gasteiger partial charge in [-0.3, -0.25) is 9.59 Å². The van der Waals surface area contributed by atoms with Crippen molar-refractivity contribution in [1.29, 1.82) is 0 Å². The molecule has 6 heteroatoms. The van der Waals surface area contributed by atoms with Gasteiger partial charge in [0, 0.05) is 30.8 Å². The molecule has 1 aliphatic rings. The second-order valence-corrected chi connectivity index (χ2v) is 7.29. The van der Waals surface area contributed by atoms with E-state index in [-0.39, 0.29) is 17.4 Å². The summed E-state index contributed by atoms with van der Waals surface area (Å²) in [6, 6.07) is 9.69. The first kappa shape index (κ1) is 19.3. The van der Waals surface area contributed by atoms with Gasteiger partial charge in [-0.1, -0.05) is 30.3 Å². The number of aliphatic hydroxyl groups is 1. The Balaban J connectivity index is 1.52. The fourth-order valence-corrected chi connectivity index (χ4v) is 3.82. The molecule has 1 aliphatic heterocycles. The molecule has 3 rings (SSSR count). The number of amides is 1. The molecule has 144 valence electrons. The standard InChI is InChI=1S/C21H27N3O3/c1-14-18(21(27)23-15(2)22-14)8-9-19(25)24-12-10-17(11-13-24)20(26)16-6-4-3-5-7-16/h3-7,17,20,26H,8-13H2,1-2H3,(H,22,23,27)/t20-/m1/s1. The van der Waals surface area contributed by atoms with Gasteiger partial charge in [0.25, 0.3) is 5.56 Å². The zero-order valence-electron chi connectivity index (χ0n) is 15.9. The number of nitrogens with one attached hydrogen (secondary N) is 1. The zero-order valence-corrected chi connectivity index (χ0v) is 15.9. The Hall–Kier alpha value is -2.47. The SMILES string of the molecule is Cc1nc(C)c(CCC(=O)N2CCC([C@H](O)c3ccccc3)CC2)c(=O)[nH]1. The van der Waals surface area contributed by atoms with Crippen molar-refractivity contribution >= 4 is 5.91 Å². The maximum atomic E-state index is 12.5. The number of nitrogens with zero attached hydrogens (tertiary/aromatic N) is 2. The van der Waals surface area contributed by atoms with E-state index < -0.39 is 6.10 Å². The first-order chi connectivity index (χ1) is 13.0. The number of aromatic nitrogens is 2. The largest absolute Gasteiger partial charge is 0.388 e. The third-order valence-corrected chi connectivity index (χ3v) is 5.41. The Labute approximate surface area is 159 Å². The number of carbonyl (C=O) groups is 1. The number of aryl methyl sites for hydroxylation is 2. The van der Waals surface area contributed by atoms with Crippen molar-refractivity contribution in [3.05, 3.63) is 63.3 Å². The number of aliphatic hydroxyl groups excluding tert-OH is 1. The number of H-pyrrole nitrogens is 1. The number of benzene rings is 1. The first-order valence-corrected chi connectivity index (χ1v) is 9.53. The minimum Gasteiger partial charge on any atom is -0.388 e. The van der Waals surface area contributed by atoms with Gasteiger partial charge in [0.15, 0.2) is 0 Å². The van der Waals surface area contributed by atoms with Crippen LogP contribution < -0.4 is 5.56 Å². The van der Waals surface area contributed by atoms with Gasteiger partial charge in [0.2, 0.25) is 5.91 Å². The fourth-order valence-electron chi connectivity index (χ4n) is 3.82. The van der Waals surface area contributed by atoms with Gasteiger partial charge in [0.1, 0.15) is 5.82 Å². The second-order valence-electron chi connectivity index (χ2n) is 7.29. The fraction of sp³-hybridized carbons (Fsp3) is 0.476. The normalized spacial score (nSPS) is 16.3. The van der Waals surface area contributed by atoms with Crippen molar-refractivity contribution in [2.24, 2.45) is 5.92 Å². The lowest BCUT2D eigenvalue weighted by molar-refractivity contribution is -0.133. The van der Waals surface area contributed by atoms with Crippen molar-refractivity contribution in [3.8, 4) is 0 Å². The van der Waals surface area contributed by atoms with Crippen molar-refractivity contribution < 1.29 is 9.90 Å². The summed E-state index contributed by atoms with van der Waals surface area (Å²) in [6.07, 6.45) is 1.80. The van der Waals surface area contributed by atoms with Crippen molar-refractivity contribution in [2.45, 2.75) is 45.6 Å². The van der Waals surface area contributed by atoms with E-state index in [0.29, 0.717) is 43.0 Å². The van der Waals surface area contributed by atoms with E-state index in [0.717, 1.165) is 18.4 Å². The molecule has 0 saturated carbocycles. The van der Waals surface area contributed by atoms with E-state index in [2.05, 4.69) is 9.97 Å². The minimum atomic E-state index is -0.483. The average molecular weight is 369 g/mol. The molecule has 1 amide bonds. The lowest BCUT2D eigenvalue weighted by atomic mass is 9.87. The van der Waals surface area contributed by atoms with E-state index in [1.54, 1.807) is 13.8 Å². The van der Waals surface area contributed by atoms with Crippen LogP contribution in [0.15, 0.2) is 35.1 Å². The first-order valence-electron chi connectivity index (χ1n) is 9.53. The molecular weight excluding hydrogens is 342 g/mol. The van der Waals surface area contributed by atoms with Crippen molar-refractivity contribution in [3.63, 3.8) is 0 Å². The summed E-state index contributed by atoms with van der Waals surface area (Å²) in [5.74, 6) is 0.816. The average Bonchev–Trinajstić information content (AvgIpc) is 2.67. The molecular formula is C21H27N3O3. The summed E-state index contributed by atoms with van der Waals surface area (Å²) in [6.45, 7) is 4.85. The summed E-state index contributed by atoms with van der Waals surface area (Å²) in [5, 5.41) is 10.6. The predicted molar refractivity (Wildman–Crippen MR) is 103 cm³/mol. The smallest absolute Gasteiger partial charge is 0.254 e. The lowest BCUT2D eigenvalue weighted by Gasteiger charge is -2.34. The van der Waals surface area contributed by atoms with Crippen LogP contribution in [0.5, 0.6) is 0 Å². The second kappa shape index (κ2) is 8.48. The van der Waals surface area contributed by atoms with E-state index in [1.807, 2.05) is 35.2 Å². The summed E-state index contributed by atoms with van der Waals surface area (Å²) in [4.78, 5) is 33.4. The highest BCUT2D eigenvalue weighted by Crippen LogP contribution is 2.30. The van der Waals surface area contributed by atoms with Crippen LogP contribution in [0.2, 0.25) is 0 Å². The summed E-state index contributed by atoms with van der Waals surface area (Å²) in [7, 11) is 0. The summed E-state index contributed by atoms with van der Waals surface area (Å²) >= 11 is 0. The molecule has 2 aromatic rings. The van der Waals surface area contributed by atoms with Crippen molar-refractivity contribution in [1.82, 2.24) is 14.9 Å². The molecule has 6 nitrogen and oxygen atoms in total. The van der Waals surface area contributed by atoms with E-state index >= 15 is 0 Å². The van der Waals surface area contributed by atoms with Crippen LogP contribution in [-0.4, -0.2) is 39.0 Å². The lowest BCUT2D eigenvalue weighted by Crippen LogP contribution is -2.40. The Morgan fingerprint density at radius 3 is 2.56 bits per heavy atom. The number of hydrogen-bond acceptors (Lipinski definition) is 4. The summed E-state index contributed by atoms with van der Waals surface area (Å²) < 4.78 is 0. The molecule has 1 aromatic heterocycles. The molecule has 1 saturated heterocycles. The van der Waals surface area contributed by atoms with Crippen LogP contribution in [0.1, 0.15) is 48.0 Å². The molecule has 0 aliphatic carbocycles. The van der Waals surface area contributed by atoms with Gasteiger partial charge in [-0.05, 0) is 44.6 Å². The number of piperidine rings is 1. The topological polar surface area (TPSA) is 86.3 Å². The predicted octanol–water partition coefficient (Wildman–Crippen LogP) is 2.29. The van der Waals surface area contributed by atoms with Gasteiger partial charge in [-0.25, -0.2) is 4.98 Å². The Morgan fingerprint density at radius 1 is 1.26 bits per heavy atom. The van der Waals surface area contributed by atoms with Crippen LogP contribution in [0.3, 0.4) is 0 Å². The van der Waals surface area contributed by atoms with Crippen LogP contribution >= 0.6 is 0 Å². The highest BCUT2D eigenvalue weighted by Gasteiger charge is 2.28. The van der Waals surface area contributed by atoms with Crippen LogP contribution in [0.25, 0.3) is 0 Å². The maximum absolute atomic E-state index is 12.5. The van der Waals surface area contributed by atoms with E-state index in [4.69, 9.17) is 0 Å². The van der Waals surface area contributed by atoms with Crippen molar-refractivity contribution in [2.75, 3.05) is 13.1 Å². The van der Waals surface area contributed by atoms with E-state index in [9.17, 15) is 14.7 Å². The molecule has 1 atom stereocenters. The third-order valence-electron chi connectivity index (χ3n) is 5.41. The number of likely N-dealkylation sites (tertiary alicyclic amines) is 1. The summed E-state index contributed by atoms with van der Waals surface area (Å²) in [5.41, 5.74) is 2.05. The Morgan fingerprint density at radius 2 is 1.93 bits per heavy atom. The highest BCUT2D eigenvalue weighted by molar-refractivity contribution is 5.76. The quantitative estimate of drug-likeness (QED) is 0.847. The van der Waals surface area contributed by atoms with Crippen LogP contribution in [0.4, 0.5) is 0 Å². The molecule has 0 spiro atoms. The zero-order chi connectivity index (χ0) is 19.4. The molecule has 1 aromatic carbocycles. The van der Waals surface area contributed by atoms with E-state index in [1.165, 1.54) is 0 Å². The van der Waals surface area contributed by atoms with Gasteiger partial charge < -0.3 is 15.0 Å². The highest BCUT2D eigenvalue weighted by atomic mass is 16.3. The molecule has 2 heterocycles. The number of rotatable bonds is 5. The Kier molecular flexibility index (Phi) is 6.06. The maximum Gasteiger partial charge on any atom is 0.254 e. The monoisotopic (exact) mass is 369 g/mol. The Bertz CT molecular complexity index is 839. The van der Waals surface area contributed by atoms with Crippen LogP contribution in [0, 0.1) is 19.8 Å². The van der Waals surface area contributed by atoms with Gasteiger partial charge in [0.05, 0.1) is 6.10 Å². The van der Waals surface area contributed by atoms with Gasteiger partial charge in [-0.15, -0.1) is 0 Å². The molecule has 2 N–H and O–H groups in total.